The molecule has 6 rings (SSSR count). The third-order valence-corrected chi connectivity index (χ3v) is 7.68. The Morgan fingerprint density at radius 3 is 2.70 bits per heavy atom. The minimum absolute atomic E-state index is 0.127. The predicted molar refractivity (Wildman–Crippen MR) is 153 cm³/mol. The Balaban J connectivity index is 1.33. The summed E-state index contributed by atoms with van der Waals surface area (Å²) in [6, 6.07) is 19.5. The van der Waals surface area contributed by atoms with E-state index in [2.05, 4.69) is 40.1 Å². The van der Waals surface area contributed by atoms with Gasteiger partial charge < -0.3 is 29.6 Å². The molecule has 204 valence electrons. The molecule has 1 amide bonds. The first-order valence-electron chi connectivity index (χ1n) is 13.0. The number of fused-ring (bicyclic) bond motifs is 1. The normalized spacial score (nSPS) is 17.7. The monoisotopic (exact) mass is 557 g/mol. The third kappa shape index (κ3) is 4.75. The Hall–Kier alpha value is -4.44. The zero-order valence-electron chi connectivity index (χ0n) is 22.1. The molecule has 4 heterocycles. The number of aromatic nitrogens is 2. The standard InChI is InChI=1S/C30H28FN5O3S/c1-18-15-21(19(2)36(18)20-10-11-25-26(16-20)39-17-38-25)29-28(24-9-5-6-13-32-24)34-30(40)35(29)14-12-27(37)33-23-8-4-3-7-22(23)31/h3-11,13,15-16,28-29H,12,14,17H2,1-2H3,(H,33,37)(H,34,40). The predicted octanol–water partition coefficient (Wildman–Crippen LogP) is 5.36. The van der Waals surface area contributed by atoms with Gasteiger partial charge in [0.25, 0.3) is 0 Å². The molecule has 0 saturated carbocycles. The number of halogens is 1. The molecule has 2 aliphatic rings. The molecular formula is C30H28FN5O3S. The van der Waals surface area contributed by atoms with Gasteiger partial charge in [0.05, 0.1) is 23.5 Å². The number of thiocarbonyl (C=S) groups is 1. The number of carbonyl (C=O) groups excluding carboxylic acids is 1. The van der Waals surface area contributed by atoms with E-state index in [-0.39, 0.29) is 36.9 Å². The number of hydrogen-bond acceptors (Lipinski definition) is 5. The fourth-order valence-electron chi connectivity index (χ4n) is 5.49. The van der Waals surface area contributed by atoms with E-state index in [1.807, 2.05) is 41.3 Å². The highest BCUT2D eigenvalue weighted by Gasteiger charge is 2.41. The Labute approximate surface area is 236 Å². The quantitative estimate of drug-likeness (QED) is 0.296. The SMILES string of the molecule is Cc1cc(C2C(c3ccccn3)NC(=S)N2CCC(=O)Nc2ccccc2F)c(C)n1-c1ccc2c(c1)OCO2. The van der Waals surface area contributed by atoms with Crippen molar-refractivity contribution in [3.63, 3.8) is 0 Å². The van der Waals surface area contributed by atoms with Crippen LogP contribution < -0.4 is 20.1 Å². The number of hydrogen-bond donors (Lipinski definition) is 2. The maximum absolute atomic E-state index is 14.1. The Bertz CT molecular complexity index is 1590. The van der Waals surface area contributed by atoms with Crippen LogP contribution in [-0.2, 0) is 4.79 Å². The maximum Gasteiger partial charge on any atom is 0.231 e. The average Bonchev–Trinajstić information content (AvgIpc) is 3.63. The Morgan fingerprint density at radius 2 is 1.90 bits per heavy atom. The molecule has 4 aromatic rings. The van der Waals surface area contributed by atoms with Crippen LogP contribution in [0.4, 0.5) is 10.1 Å². The maximum atomic E-state index is 14.1. The summed E-state index contributed by atoms with van der Waals surface area (Å²) in [5.41, 5.74) is 5.11. The number of pyridine rings is 1. The molecule has 8 nitrogen and oxygen atoms in total. The summed E-state index contributed by atoms with van der Waals surface area (Å²) in [5, 5.41) is 6.64. The Morgan fingerprint density at radius 1 is 1.10 bits per heavy atom. The van der Waals surface area contributed by atoms with Crippen molar-refractivity contribution in [2.45, 2.75) is 32.4 Å². The molecule has 0 bridgehead atoms. The van der Waals surface area contributed by atoms with Gasteiger partial charge in [0.15, 0.2) is 16.6 Å². The number of nitrogens with one attached hydrogen (secondary N) is 2. The number of ether oxygens (including phenoxy) is 2. The van der Waals surface area contributed by atoms with Gasteiger partial charge in [-0.2, -0.15) is 0 Å². The smallest absolute Gasteiger partial charge is 0.231 e. The molecule has 1 saturated heterocycles. The van der Waals surface area contributed by atoms with E-state index in [0.717, 1.165) is 34.1 Å². The third-order valence-electron chi connectivity index (χ3n) is 7.33. The fraction of sp³-hybridized carbons (Fsp3) is 0.233. The summed E-state index contributed by atoms with van der Waals surface area (Å²) in [5.74, 6) is 0.674. The van der Waals surface area contributed by atoms with Crippen molar-refractivity contribution in [3.8, 4) is 17.2 Å². The van der Waals surface area contributed by atoms with E-state index in [4.69, 9.17) is 21.7 Å². The zero-order chi connectivity index (χ0) is 27.8. The molecule has 1 fully saturated rings. The lowest BCUT2D eigenvalue weighted by Gasteiger charge is -2.28. The van der Waals surface area contributed by atoms with E-state index < -0.39 is 5.82 Å². The number of rotatable bonds is 7. The first kappa shape index (κ1) is 25.8. The first-order valence-corrected chi connectivity index (χ1v) is 13.4. The molecule has 0 aliphatic carbocycles. The van der Waals surface area contributed by atoms with Crippen molar-refractivity contribution in [2.75, 3.05) is 18.7 Å². The van der Waals surface area contributed by atoms with Gasteiger partial charge in [-0.25, -0.2) is 4.39 Å². The highest BCUT2D eigenvalue weighted by Crippen LogP contribution is 2.42. The van der Waals surface area contributed by atoms with E-state index in [0.29, 0.717) is 17.4 Å². The molecule has 2 unspecified atom stereocenters. The largest absolute Gasteiger partial charge is 0.454 e. The van der Waals surface area contributed by atoms with Gasteiger partial charge in [-0.15, -0.1) is 0 Å². The van der Waals surface area contributed by atoms with Crippen LogP contribution >= 0.6 is 12.2 Å². The van der Waals surface area contributed by atoms with Crippen molar-refractivity contribution in [1.82, 2.24) is 19.8 Å². The average molecular weight is 558 g/mol. The summed E-state index contributed by atoms with van der Waals surface area (Å²) in [6.45, 7) is 4.69. The molecule has 0 spiro atoms. The minimum Gasteiger partial charge on any atom is -0.454 e. The number of aryl methyl sites for hydroxylation is 1. The lowest BCUT2D eigenvalue weighted by molar-refractivity contribution is -0.116. The summed E-state index contributed by atoms with van der Waals surface area (Å²) in [4.78, 5) is 19.5. The van der Waals surface area contributed by atoms with Crippen molar-refractivity contribution < 1.29 is 18.7 Å². The molecule has 2 N–H and O–H groups in total. The second kappa shape index (κ2) is 10.6. The van der Waals surface area contributed by atoms with Crippen molar-refractivity contribution in [3.05, 3.63) is 101 Å². The molecule has 40 heavy (non-hydrogen) atoms. The van der Waals surface area contributed by atoms with Gasteiger partial charge in [0.2, 0.25) is 12.7 Å². The lowest BCUT2D eigenvalue weighted by atomic mass is 9.96. The molecule has 2 aromatic heterocycles. The summed E-state index contributed by atoms with van der Waals surface area (Å²) in [7, 11) is 0. The van der Waals surface area contributed by atoms with Crippen LogP contribution in [-0.4, -0.2) is 38.8 Å². The fourth-order valence-corrected chi connectivity index (χ4v) is 5.82. The molecule has 10 heteroatoms. The summed E-state index contributed by atoms with van der Waals surface area (Å²) >= 11 is 5.79. The van der Waals surface area contributed by atoms with Crippen LogP contribution in [0.15, 0.2) is 72.9 Å². The van der Waals surface area contributed by atoms with Gasteiger partial charge in [-0.05, 0) is 74.1 Å². The van der Waals surface area contributed by atoms with E-state index in [9.17, 15) is 9.18 Å². The number of carbonyl (C=O) groups is 1. The number of para-hydroxylation sites is 1. The zero-order valence-corrected chi connectivity index (χ0v) is 22.9. The number of benzene rings is 2. The van der Waals surface area contributed by atoms with E-state index in [1.54, 1.807) is 24.4 Å². The van der Waals surface area contributed by atoms with E-state index in [1.165, 1.54) is 6.07 Å². The van der Waals surface area contributed by atoms with Gasteiger partial charge in [0, 0.05) is 42.3 Å². The number of nitrogens with zero attached hydrogens (tertiary/aromatic N) is 3. The Kier molecular flexibility index (Phi) is 6.85. The van der Waals surface area contributed by atoms with Crippen LogP contribution in [0, 0.1) is 19.7 Å². The molecule has 2 atom stereocenters. The van der Waals surface area contributed by atoms with Crippen LogP contribution in [0.25, 0.3) is 5.69 Å². The van der Waals surface area contributed by atoms with Crippen molar-refractivity contribution in [2.24, 2.45) is 0 Å². The number of amides is 1. The molecular weight excluding hydrogens is 529 g/mol. The van der Waals surface area contributed by atoms with Gasteiger partial charge in [-0.3, -0.25) is 9.78 Å². The minimum atomic E-state index is -0.474. The first-order chi connectivity index (χ1) is 19.4. The van der Waals surface area contributed by atoms with E-state index >= 15 is 0 Å². The van der Waals surface area contributed by atoms with Crippen LogP contribution in [0.2, 0.25) is 0 Å². The van der Waals surface area contributed by atoms with Crippen LogP contribution in [0.5, 0.6) is 11.5 Å². The van der Waals surface area contributed by atoms with Crippen molar-refractivity contribution >= 4 is 28.9 Å². The number of anilines is 1. The highest BCUT2D eigenvalue weighted by molar-refractivity contribution is 7.80. The van der Waals surface area contributed by atoms with Gasteiger partial charge >= 0.3 is 0 Å². The second-order valence-electron chi connectivity index (χ2n) is 9.80. The van der Waals surface area contributed by atoms with Gasteiger partial charge in [0.1, 0.15) is 5.82 Å². The lowest BCUT2D eigenvalue weighted by Crippen LogP contribution is -2.33. The second-order valence-corrected chi connectivity index (χ2v) is 10.2. The van der Waals surface area contributed by atoms with Crippen LogP contribution in [0.1, 0.15) is 41.1 Å². The molecule has 0 radical (unpaired) electrons. The summed E-state index contributed by atoms with van der Waals surface area (Å²) < 4.78 is 27.4. The summed E-state index contributed by atoms with van der Waals surface area (Å²) in [6.07, 6.45) is 1.89. The molecule has 2 aliphatic heterocycles. The van der Waals surface area contributed by atoms with Crippen LogP contribution in [0.3, 0.4) is 0 Å². The van der Waals surface area contributed by atoms with Gasteiger partial charge in [-0.1, -0.05) is 18.2 Å². The van der Waals surface area contributed by atoms with Crippen molar-refractivity contribution in [1.29, 1.82) is 0 Å². The topological polar surface area (TPSA) is 80.7 Å². The molecule has 2 aromatic carbocycles. The highest BCUT2D eigenvalue weighted by atomic mass is 32.1.